The zero-order chi connectivity index (χ0) is 11.9. The molecule has 92 valence electrons. The van der Waals surface area contributed by atoms with E-state index in [0.717, 1.165) is 18.8 Å². The summed E-state index contributed by atoms with van der Waals surface area (Å²) in [6.07, 6.45) is 3.56. The molecule has 0 spiro atoms. The Balaban J connectivity index is 1.63. The first-order valence-corrected chi connectivity index (χ1v) is 7.49. The molecule has 1 aliphatic carbocycles. The minimum Gasteiger partial charge on any atom is -0.316 e. The van der Waals surface area contributed by atoms with Crippen LogP contribution in [0.4, 0.5) is 0 Å². The van der Waals surface area contributed by atoms with Crippen molar-refractivity contribution >= 4 is 11.3 Å². The van der Waals surface area contributed by atoms with Crippen molar-refractivity contribution in [3.05, 3.63) is 39.7 Å². The van der Waals surface area contributed by atoms with Gasteiger partial charge in [-0.05, 0) is 31.0 Å². The van der Waals surface area contributed by atoms with Crippen molar-refractivity contribution in [3.8, 4) is 11.3 Å². The highest BCUT2D eigenvalue weighted by atomic mass is 32.1. The Labute approximate surface area is 111 Å². The van der Waals surface area contributed by atoms with E-state index in [1.165, 1.54) is 46.2 Å². The number of aromatic nitrogens is 1. The molecule has 4 rings (SSSR count). The van der Waals surface area contributed by atoms with Gasteiger partial charge in [-0.15, -0.1) is 11.3 Å². The second-order valence-corrected chi connectivity index (χ2v) is 6.44. The fourth-order valence-electron chi connectivity index (χ4n) is 3.03. The molecular formula is C15H16N2S. The lowest BCUT2D eigenvalue weighted by molar-refractivity contribution is 0.578. The lowest BCUT2D eigenvalue weighted by Gasteiger charge is -2.04. The van der Waals surface area contributed by atoms with Crippen molar-refractivity contribution in [2.75, 3.05) is 13.1 Å². The highest BCUT2D eigenvalue weighted by Gasteiger charge is 2.24. The molecule has 0 amide bonds. The van der Waals surface area contributed by atoms with Gasteiger partial charge in [-0.3, -0.25) is 0 Å². The van der Waals surface area contributed by atoms with Crippen LogP contribution in [-0.4, -0.2) is 18.1 Å². The quantitative estimate of drug-likeness (QED) is 0.762. The summed E-state index contributed by atoms with van der Waals surface area (Å²) in [5.41, 5.74) is 4.07. The highest BCUT2D eigenvalue weighted by Crippen LogP contribution is 2.39. The normalized spacial score (nSPS) is 21.0. The lowest BCUT2D eigenvalue weighted by atomic mass is 10.1. The number of hydrogen-bond acceptors (Lipinski definition) is 3. The van der Waals surface area contributed by atoms with Gasteiger partial charge in [0.15, 0.2) is 0 Å². The Morgan fingerprint density at radius 3 is 3.17 bits per heavy atom. The smallest absolute Gasteiger partial charge is 0.0938 e. The molecule has 2 aromatic rings. The Kier molecular flexibility index (Phi) is 2.49. The number of thiazole rings is 1. The van der Waals surface area contributed by atoms with Crippen molar-refractivity contribution < 1.29 is 0 Å². The van der Waals surface area contributed by atoms with Crippen LogP contribution in [0.15, 0.2) is 24.3 Å². The molecule has 3 heteroatoms. The van der Waals surface area contributed by atoms with Gasteiger partial charge >= 0.3 is 0 Å². The molecule has 2 heterocycles. The maximum absolute atomic E-state index is 4.89. The predicted octanol–water partition coefficient (Wildman–Crippen LogP) is 2.87. The summed E-state index contributed by atoms with van der Waals surface area (Å²) in [4.78, 5) is 6.36. The second kappa shape index (κ2) is 4.18. The molecule has 18 heavy (non-hydrogen) atoms. The molecule has 0 unspecified atom stereocenters. The van der Waals surface area contributed by atoms with Crippen LogP contribution in [0.1, 0.15) is 21.9 Å². The largest absolute Gasteiger partial charge is 0.316 e. The molecule has 0 radical (unpaired) electrons. The number of hydrogen-bond donors (Lipinski definition) is 1. The van der Waals surface area contributed by atoms with Crippen molar-refractivity contribution in [3.63, 3.8) is 0 Å². The standard InChI is InChI=1S/C15H16N2S/c1-2-4-12-11(3-1)8-13-15(12)17-14(18-13)7-10-5-6-16-9-10/h1-4,10,16H,5-9H2/t10-/m0/s1. The van der Waals surface area contributed by atoms with Gasteiger partial charge in [0.05, 0.1) is 10.7 Å². The second-order valence-electron chi connectivity index (χ2n) is 5.28. The van der Waals surface area contributed by atoms with Gasteiger partial charge < -0.3 is 5.32 Å². The molecule has 1 aromatic heterocycles. The third kappa shape index (κ3) is 1.70. The SMILES string of the molecule is c1ccc2c(c1)Cc1sc(C[C@@H]3CCNC3)nc1-2. The summed E-state index contributed by atoms with van der Waals surface area (Å²) in [7, 11) is 0. The molecule has 1 saturated heterocycles. The van der Waals surface area contributed by atoms with Crippen LogP contribution in [0.2, 0.25) is 0 Å². The van der Waals surface area contributed by atoms with Crippen LogP contribution >= 0.6 is 11.3 Å². The third-order valence-corrected chi connectivity index (χ3v) is 5.07. The third-order valence-electron chi connectivity index (χ3n) is 3.99. The molecular weight excluding hydrogens is 240 g/mol. The Morgan fingerprint density at radius 2 is 2.28 bits per heavy atom. The Hall–Kier alpha value is -1.19. The monoisotopic (exact) mass is 256 g/mol. The minimum atomic E-state index is 0.798. The van der Waals surface area contributed by atoms with E-state index < -0.39 is 0 Å². The van der Waals surface area contributed by atoms with E-state index in [-0.39, 0.29) is 0 Å². The van der Waals surface area contributed by atoms with Gasteiger partial charge in [-0.25, -0.2) is 4.98 Å². The molecule has 2 nitrogen and oxygen atoms in total. The van der Waals surface area contributed by atoms with Gasteiger partial charge in [0.25, 0.3) is 0 Å². The minimum absolute atomic E-state index is 0.798. The first-order valence-electron chi connectivity index (χ1n) is 6.68. The lowest BCUT2D eigenvalue weighted by Crippen LogP contribution is -2.10. The van der Waals surface area contributed by atoms with Crippen LogP contribution in [-0.2, 0) is 12.8 Å². The summed E-state index contributed by atoms with van der Waals surface area (Å²) >= 11 is 1.93. The predicted molar refractivity (Wildman–Crippen MR) is 75.0 cm³/mol. The Morgan fingerprint density at radius 1 is 1.33 bits per heavy atom. The van der Waals surface area contributed by atoms with Crippen LogP contribution in [0, 0.1) is 5.92 Å². The summed E-state index contributed by atoms with van der Waals surface area (Å²) in [6.45, 7) is 2.35. The number of rotatable bonds is 2. The van der Waals surface area contributed by atoms with Crippen LogP contribution < -0.4 is 5.32 Å². The van der Waals surface area contributed by atoms with Crippen molar-refractivity contribution in [2.45, 2.75) is 19.3 Å². The molecule has 2 aliphatic rings. The van der Waals surface area contributed by atoms with Gasteiger partial charge in [0, 0.05) is 23.3 Å². The van der Waals surface area contributed by atoms with Crippen LogP contribution in [0.3, 0.4) is 0 Å². The van der Waals surface area contributed by atoms with Gasteiger partial charge in [0.2, 0.25) is 0 Å². The first kappa shape index (κ1) is 10.7. The maximum Gasteiger partial charge on any atom is 0.0938 e. The number of benzene rings is 1. The maximum atomic E-state index is 4.89. The van der Waals surface area contributed by atoms with Crippen molar-refractivity contribution in [1.29, 1.82) is 0 Å². The van der Waals surface area contributed by atoms with Gasteiger partial charge in [-0.2, -0.15) is 0 Å². The van der Waals surface area contributed by atoms with Gasteiger partial charge in [0.1, 0.15) is 0 Å². The fraction of sp³-hybridized carbons (Fsp3) is 0.400. The summed E-state index contributed by atoms with van der Waals surface area (Å²) in [5, 5.41) is 4.77. The first-order chi connectivity index (χ1) is 8.90. The van der Waals surface area contributed by atoms with Gasteiger partial charge in [-0.1, -0.05) is 24.3 Å². The summed E-state index contributed by atoms with van der Waals surface area (Å²) in [5.74, 6) is 0.798. The van der Waals surface area contributed by atoms with E-state index in [1.807, 2.05) is 11.3 Å². The van der Waals surface area contributed by atoms with Crippen molar-refractivity contribution in [1.82, 2.24) is 10.3 Å². The van der Waals surface area contributed by atoms with Crippen LogP contribution in [0.5, 0.6) is 0 Å². The molecule has 1 atom stereocenters. The van der Waals surface area contributed by atoms with E-state index in [1.54, 1.807) is 0 Å². The van der Waals surface area contributed by atoms with E-state index in [9.17, 15) is 0 Å². The van der Waals surface area contributed by atoms with E-state index >= 15 is 0 Å². The zero-order valence-electron chi connectivity index (χ0n) is 10.3. The van der Waals surface area contributed by atoms with Crippen LogP contribution in [0.25, 0.3) is 11.3 Å². The average molecular weight is 256 g/mol. The molecule has 1 aromatic carbocycles. The van der Waals surface area contributed by atoms with E-state index in [4.69, 9.17) is 4.98 Å². The average Bonchev–Trinajstić information content (AvgIpc) is 3.05. The molecule has 1 fully saturated rings. The van der Waals surface area contributed by atoms with E-state index in [0.29, 0.717) is 0 Å². The van der Waals surface area contributed by atoms with Crippen molar-refractivity contribution in [2.24, 2.45) is 5.92 Å². The topological polar surface area (TPSA) is 24.9 Å². The fourth-order valence-corrected chi connectivity index (χ4v) is 4.25. The Bertz CT molecular complexity index is 582. The highest BCUT2D eigenvalue weighted by molar-refractivity contribution is 7.12. The van der Waals surface area contributed by atoms with E-state index in [2.05, 4.69) is 29.6 Å². The number of nitrogens with one attached hydrogen (secondary N) is 1. The zero-order valence-corrected chi connectivity index (χ0v) is 11.1. The number of nitrogens with zero attached hydrogens (tertiary/aromatic N) is 1. The molecule has 0 bridgehead atoms. The molecule has 1 N–H and O–H groups in total. The summed E-state index contributed by atoms with van der Waals surface area (Å²) in [6, 6.07) is 8.68. The summed E-state index contributed by atoms with van der Waals surface area (Å²) < 4.78 is 0. The molecule has 0 saturated carbocycles. The number of fused-ring (bicyclic) bond motifs is 3. The molecule has 1 aliphatic heterocycles.